The lowest BCUT2D eigenvalue weighted by Crippen LogP contribution is -2.26. The molecule has 0 unspecified atom stereocenters. The fraction of sp³-hybridized carbons (Fsp3) is 0.130. The van der Waals surface area contributed by atoms with Gasteiger partial charge in [-0.15, -0.1) is 4.80 Å². The van der Waals surface area contributed by atoms with Crippen LogP contribution in [0.15, 0.2) is 59.5 Å². The van der Waals surface area contributed by atoms with Crippen molar-refractivity contribution in [3.05, 3.63) is 87.2 Å². The number of benzene rings is 2. The summed E-state index contributed by atoms with van der Waals surface area (Å²) in [5.41, 5.74) is 2.06. The molecule has 1 N–H and O–H groups in total. The number of ether oxygens (including phenoxy) is 1. The molecule has 2 aromatic carbocycles. The molecule has 34 heavy (non-hydrogen) atoms. The summed E-state index contributed by atoms with van der Waals surface area (Å²) in [7, 11) is 0. The van der Waals surface area contributed by atoms with Gasteiger partial charge in [0.15, 0.2) is 5.82 Å². The Hall–Kier alpha value is -3.21. The number of nitrogens with one attached hydrogen (secondary N) is 1. The first-order valence-electron chi connectivity index (χ1n) is 10.1. The Morgan fingerprint density at radius 1 is 1.12 bits per heavy atom. The third-order valence-electron chi connectivity index (χ3n) is 5.37. The van der Waals surface area contributed by atoms with Gasteiger partial charge in [0.05, 0.1) is 48.1 Å². The van der Waals surface area contributed by atoms with Crippen LogP contribution in [0.3, 0.4) is 0 Å². The van der Waals surface area contributed by atoms with Crippen molar-refractivity contribution in [1.29, 1.82) is 0 Å². The molecule has 7 nitrogen and oxygen atoms in total. The van der Waals surface area contributed by atoms with Crippen LogP contribution in [0.1, 0.15) is 21.8 Å². The number of rotatable bonds is 5. The molecule has 0 bridgehead atoms. The van der Waals surface area contributed by atoms with Gasteiger partial charge in [-0.1, -0.05) is 33.6 Å². The Balaban J connectivity index is 1.48. The molecule has 3 heterocycles. The van der Waals surface area contributed by atoms with Gasteiger partial charge in [-0.05, 0) is 47.0 Å². The van der Waals surface area contributed by atoms with Crippen molar-refractivity contribution in [3.8, 4) is 16.9 Å². The second-order valence-electron chi connectivity index (χ2n) is 7.58. The zero-order chi connectivity index (χ0) is 23.8. The SMILES string of the molecule is O=C(Nc1cnc(-n2nccn2)c(Cl)c1)c1cc(C2COC2)c(-c2ccc(F)cc2Br)cc1F. The second-order valence-corrected chi connectivity index (χ2v) is 8.84. The third kappa shape index (κ3) is 4.31. The van der Waals surface area contributed by atoms with Crippen molar-refractivity contribution in [3.63, 3.8) is 0 Å². The van der Waals surface area contributed by atoms with Gasteiger partial charge in [0.1, 0.15) is 11.6 Å². The van der Waals surface area contributed by atoms with E-state index >= 15 is 4.39 Å². The van der Waals surface area contributed by atoms with E-state index in [1.165, 1.54) is 53.7 Å². The molecular weight excluding hydrogens is 532 g/mol. The highest BCUT2D eigenvalue weighted by Gasteiger charge is 2.27. The number of hydrogen-bond acceptors (Lipinski definition) is 5. The van der Waals surface area contributed by atoms with E-state index in [1.54, 1.807) is 6.07 Å². The topological polar surface area (TPSA) is 81.9 Å². The van der Waals surface area contributed by atoms with E-state index in [4.69, 9.17) is 16.3 Å². The Morgan fingerprint density at radius 2 is 1.88 bits per heavy atom. The molecule has 0 spiro atoms. The summed E-state index contributed by atoms with van der Waals surface area (Å²) in [5.74, 6) is -1.52. The van der Waals surface area contributed by atoms with E-state index in [-0.39, 0.29) is 28.0 Å². The van der Waals surface area contributed by atoms with E-state index in [9.17, 15) is 9.18 Å². The van der Waals surface area contributed by atoms with Crippen molar-refractivity contribution in [2.75, 3.05) is 18.5 Å². The maximum Gasteiger partial charge on any atom is 0.258 e. The molecule has 0 atom stereocenters. The molecule has 172 valence electrons. The Bertz CT molecular complexity index is 1400. The molecule has 0 aliphatic carbocycles. The Kier molecular flexibility index (Phi) is 6.11. The van der Waals surface area contributed by atoms with Crippen LogP contribution in [-0.4, -0.2) is 39.1 Å². The minimum atomic E-state index is -0.718. The summed E-state index contributed by atoms with van der Waals surface area (Å²) in [4.78, 5) is 18.4. The van der Waals surface area contributed by atoms with E-state index in [1.807, 2.05) is 0 Å². The van der Waals surface area contributed by atoms with Crippen molar-refractivity contribution < 1.29 is 18.3 Å². The van der Waals surface area contributed by atoms with E-state index in [0.29, 0.717) is 28.8 Å². The number of anilines is 1. The molecule has 5 rings (SSSR count). The number of aromatic nitrogens is 4. The van der Waals surface area contributed by atoms with Crippen LogP contribution in [0.2, 0.25) is 5.02 Å². The minimum absolute atomic E-state index is 0.0175. The normalized spacial score (nSPS) is 13.5. The molecule has 0 radical (unpaired) electrons. The largest absolute Gasteiger partial charge is 0.380 e. The second kappa shape index (κ2) is 9.21. The van der Waals surface area contributed by atoms with E-state index in [0.717, 1.165) is 5.56 Å². The first-order chi connectivity index (χ1) is 16.4. The minimum Gasteiger partial charge on any atom is -0.380 e. The summed E-state index contributed by atoms with van der Waals surface area (Å²) < 4.78 is 34.5. The molecule has 1 fully saturated rings. The number of hydrogen-bond donors (Lipinski definition) is 1. The predicted octanol–water partition coefficient (Wildman–Crippen LogP) is 5.39. The maximum absolute atomic E-state index is 15.2. The molecule has 1 aliphatic heterocycles. The Labute approximate surface area is 205 Å². The van der Waals surface area contributed by atoms with Crippen molar-refractivity contribution in [2.24, 2.45) is 0 Å². The van der Waals surface area contributed by atoms with Crippen LogP contribution in [0.4, 0.5) is 14.5 Å². The summed E-state index contributed by atoms with van der Waals surface area (Å²) >= 11 is 9.60. The maximum atomic E-state index is 15.2. The average Bonchev–Trinajstić information content (AvgIpc) is 3.28. The molecule has 2 aromatic heterocycles. The highest BCUT2D eigenvalue weighted by Crippen LogP contribution is 2.38. The van der Waals surface area contributed by atoms with Crippen LogP contribution >= 0.6 is 27.5 Å². The average molecular weight is 547 g/mol. The molecule has 0 saturated carbocycles. The van der Waals surface area contributed by atoms with Gasteiger partial charge in [-0.2, -0.15) is 10.2 Å². The molecule has 1 amide bonds. The first-order valence-corrected chi connectivity index (χ1v) is 11.3. The number of pyridine rings is 1. The molecule has 11 heteroatoms. The monoisotopic (exact) mass is 545 g/mol. The Morgan fingerprint density at radius 3 is 2.53 bits per heavy atom. The van der Waals surface area contributed by atoms with Gasteiger partial charge in [0, 0.05) is 10.4 Å². The van der Waals surface area contributed by atoms with Gasteiger partial charge < -0.3 is 10.1 Å². The number of amides is 1. The highest BCUT2D eigenvalue weighted by molar-refractivity contribution is 9.10. The fourth-order valence-corrected chi connectivity index (χ4v) is 4.43. The van der Waals surface area contributed by atoms with Crippen molar-refractivity contribution in [2.45, 2.75) is 5.92 Å². The van der Waals surface area contributed by atoms with E-state index in [2.05, 4.69) is 36.4 Å². The van der Waals surface area contributed by atoms with Crippen molar-refractivity contribution in [1.82, 2.24) is 20.0 Å². The van der Waals surface area contributed by atoms with Crippen LogP contribution in [-0.2, 0) is 4.74 Å². The smallest absolute Gasteiger partial charge is 0.258 e. The highest BCUT2D eigenvalue weighted by atomic mass is 79.9. The summed E-state index contributed by atoms with van der Waals surface area (Å²) in [6.45, 7) is 0.891. The number of carbonyl (C=O) groups is 1. The molecule has 1 aliphatic rings. The van der Waals surface area contributed by atoms with Crippen LogP contribution in [0.5, 0.6) is 0 Å². The van der Waals surface area contributed by atoms with E-state index < -0.39 is 17.5 Å². The zero-order valence-corrected chi connectivity index (χ0v) is 19.6. The lowest BCUT2D eigenvalue weighted by molar-refractivity contribution is 0.00858. The fourth-order valence-electron chi connectivity index (χ4n) is 3.63. The number of halogens is 4. The molecular formula is C23H15BrClF2N5O2. The first kappa shape index (κ1) is 22.6. The zero-order valence-electron chi connectivity index (χ0n) is 17.3. The number of carbonyl (C=O) groups excluding carboxylic acids is 1. The van der Waals surface area contributed by atoms with Gasteiger partial charge in [-0.3, -0.25) is 4.79 Å². The standard InChI is InChI=1S/C23H15BrClF2N5O2/c24-19-5-13(26)1-2-15(19)17-8-21(27)18(7-16(17)12-10-34-11-12)23(33)31-14-6-20(25)22(28-9-14)32-29-3-4-30-32/h1-9,12H,10-11H2,(H,31,33). The lowest BCUT2D eigenvalue weighted by atomic mass is 9.87. The molecule has 4 aromatic rings. The van der Waals surface area contributed by atoms with Gasteiger partial charge in [-0.25, -0.2) is 13.8 Å². The van der Waals surface area contributed by atoms with Crippen LogP contribution in [0.25, 0.3) is 16.9 Å². The summed E-state index contributed by atoms with van der Waals surface area (Å²) in [6.07, 6.45) is 4.34. The van der Waals surface area contributed by atoms with Gasteiger partial charge >= 0.3 is 0 Å². The van der Waals surface area contributed by atoms with Crippen LogP contribution in [0, 0.1) is 11.6 Å². The predicted molar refractivity (Wildman–Crippen MR) is 125 cm³/mol. The van der Waals surface area contributed by atoms with Crippen molar-refractivity contribution >= 4 is 39.1 Å². The van der Waals surface area contributed by atoms with Gasteiger partial charge in [0.25, 0.3) is 5.91 Å². The number of nitrogens with zero attached hydrogens (tertiary/aromatic N) is 4. The quantitative estimate of drug-likeness (QED) is 0.363. The molecule has 1 saturated heterocycles. The van der Waals surface area contributed by atoms with Gasteiger partial charge in [0.2, 0.25) is 0 Å². The summed E-state index contributed by atoms with van der Waals surface area (Å²) in [5, 5.41) is 10.8. The summed E-state index contributed by atoms with van der Waals surface area (Å²) in [6, 6.07) is 8.47. The lowest BCUT2D eigenvalue weighted by Gasteiger charge is -2.29. The van der Waals surface area contributed by atoms with Crippen LogP contribution < -0.4 is 5.32 Å². The third-order valence-corrected chi connectivity index (χ3v) is 6.31.